The van der Waals surface area contributed by atoms with Crippen LogP contribution in [-0.2, 0) is 6.42 Å². The lowest BCUT2D eigenvalue weighted by Gasteiger charge is -2.26. The third-order valence-corrected chi connectivity index (χ3v) is 4.69. The molecule has 1 N–H and O–H groups in total. The van der Waals surface area contributed by atoms with E-state index in [9.17, 15) is 0 Å². The summed E-state index contributed by atoms with van der Waals surface area (Å²) < 4.78 is 6.07. The summed E-state index contributed by atoms with van der Waals surface area (Å²) in [6, 6.07) is 6.48. The van der Waals surface area contributed by atoms with Gasteiger partial charge in [-0.3, -0.25) is 0 Å². The van der Waals surface area contributed by atoms with Gasteiger partial charge in [-0.1, -0.05) is 26.8 Å². The molecule has 1 atom stereocenters. The summed E-state index contributed by atoms with van der Waals surface area (Å²) in [5.74, 6) is 1.01. The second-order valence-electron chi connectivity index (χ2n) is 7.44. The predicted octanol–water partition coefficient (Wildman–Crippen LogP) is 4.25. The third-order valence-electron chi connectivity index (χ3n) is 4.69. The van der Waals surface area contributed by atoms with Gasteiger partial charge < -0.3 is 10.1 Å². The van der Waals surface area contributed by atoms with Crippen LogP contribution in [0, 0.1) is 10.8 Å². The zero-order valence-corrected chi connectivity index (χ0v) is 12.4. The van der Waals surface area contributed by atoms with Crippen LogP contribution in [0.1, 0.15) is 45.6 Å². The van der Waals surface area contributed by atoms with Crippen molar-refractivity contribution in [2.24, 2.45) is 10.8 Å². The Hall–Kier alpha value is -1.18. The van der Waals surface area contributed by atoms with Gasteiger partial charge in [0.2, 0.25) is 0 Å². The molecule has 3 rings (SSSR count). The molecule has 1 unspecified atom stereocenters. The van der Waals surface area contributed by atoms with Gasteiger partial charge in [-0.05, 0) is 42.7 Å². The van der Waals surface area contributed by atoms with Crippen molar-refractivity contribution in [1.82, 2.24) is 0 Å². The van der Waals surface area contributed by atoms with Gasteiger partial charge in [-0.25, -0.2) is 0 Å². The monoisotopic (exact) mass is 259 g/mol. The fraction of sp³-hybridized carbons (Fsp3) is 0.647. The molecule has 0 radical (unpaired) electrons. The summed E-state index contributed by atoms with van der Waals surface area (Å²) in [6.07, 6.45) is 5.01. The van der Waals surface area contributed by atoms with E-state index in [0.29, 0.717) is 10.8 Å². The standard InChI is InChI=1S/C17H25NO/c1-16(2)7-8-17(3,11-16)12-19-14-5-4-13-6-9-18-15(13)10-14/h4-5,10,18H,6-9,11-12H2,1-3H3. The largest absolute Gasteiger partial charge is 0.493 e. The number of ether oxygens (including phenoxy) is 1. The Morgan fingerprint density at radius 3 is 2.79 bits per heavy atom. The Morgan fingerprint density at radius 2 is 2.05 bits per heavy atom. The van der Waals surface area contributed by atoms with Gasteiger partial charge >= 0.3 is 0 Å². The Bertz CT molecular complexity index is 480. The molecule has 2 nitrogen and oxygen atoms in total. The molecule has 1 aliphatic carbocycles. The van der Waals surface area contributed by atoms with E-state index in [-0.39, 0.29) is 0 Å². The van der Waals surface area contributed by atoms with Crippen molar-refractivity contribution in [3.63, 3.8) is 0 Å². The molecule has 1 saturated carbocycles. The Balaban J connectivity index is 1.64. The van der Waals surface area contributed by atoms with Crippen LogP contribution in [-0.4, -0.2) is 13.2 Å². The van der Waals surface area contributed by atoms with Crippen molar-refractivity contribution >= 4 is 5.69 Å². The molecule has 0 saturated heterocycles. The van der Waals surface area contributed by atoms with Gasteiger partial charge in [0.25, 0.3) is 0 Å². The fourth-order valence-electron chi connectivity index (χ4n) is 3.71. The maximum absolute atomic E-state index is 6.07. The van der Waals surface area contributed by atoms with Gasteiger partial charge in [0, 0.05) is 23.7 Å². The molecule has 1 fully saturated rings. The highest BCUT2D eigenvalue weighted by Gasteiger charge is 2.40. The van der Waals surface area contributed by atoms with Gasteiger partial charge in [-0.2, -0.15) is 0 Å². The average molecular weight is 259 g/mol. The predicted molar refractivity (Wildman–Crippen MR) is 79.9 cm³/mol. The fourth-order valence-corrected chi connectivity index (χ4v) is 3.71. The van der Waals surface area contributed by atoms with Crippen LogP contribution in [0.4, 0.5) is 5.69 Å². The molecule has 19 heavy (non-hydrogen) atoms. The molecular formula is C17H25NO. The van der Waals surface area contributed by atoms with E-state index in [1.54, 1.807) is 0 Å². The maximum atomic E-state index is 6.07. The van der Waals surface area contributed by atoms with E-state index in [1.165, 1.54) is 30.5 Å². The van der Waals surface area contributed by atoms with Crippen molar-refractivity contribution in [3.05, 3.63) is 23.8 Å². The van der Waals surface area contributed by atoms with Gasteiger partial charge in [-0.15, -0.1) is 0 Å². The summed E-state index contributed by atoms with van der Waals surface area (Å²) in [7, 11) is 0. The summed E-state index contributed by atoms with van der Waals surface area (Å²) in [4.78, 5) is 0. The number of fused-ring (bicyclic) bond motifs is 1. The summed E-state index contributed by atoms with van der Waals surface area (Å²) in [5, 5.41) is 3.41. The quantitative estimate of drug-likeness (QED) is 0.876. The first-order chi connectivity index (χ1) is 8.96. The molecular weight excluding hydrogens is 234 g/mol. The highest BCUT2D eigenvalue weighted by atomic mass is 16.5. The van der Waals surface area contributed by atoms with Crippen molar-refractivity contribution < 1.29 is 4.74 Å². The topological polar surface area (TPSA) is 21.3 Å². The maximum Gasteiger partial charge on any atom is 0.121 e. The molecule has 1 aromatic rings. The zero-order valence-electron chi connectivity index (χ0n) is 12.4. The lowest BCUT2D eigenvalue weighted by Crippen LogP contribution is -2.23. The highest BCUT2D eigenvalue weighted by Crippen LogP contribution is 2.49. The van der Waals surface area contributed by atoms with Crippen LogP contribution in [0.5, 0.6) is 5.75 Å². The molecule has 1 aliphatic heterocycles. The highest BCUT2D eigenvalue weighted by molar-refractivity contribution is 5.58. The first-order valence-corrected chi connectivity index (χ1v) is 7.46. The molecule has 0 amide bonds. The lowest BCUT2D eigenvalue weighted by molar-refractivity contribution is 0.154. The lowest BCUT2D eigenvalue weighted by atomic mass is 9.84. The van der Waals surface area contributed by atoms with E-state index >= 15 is 0 Å². The number of benzene rings is 1. The minimum atomic E-state index is 0.343. The minimum Gasteiger partial charge on any atom is -0.493 e. The van der Waals surface area contributed by atoms with Crippen molar-refractivity contribution in [2.45, 2.75) is 46.5 Å². The zero-order chi connectivity index (χ0) is 13.5. The van der Waals surface area contributed by atoms with E-state index in [4.69, 9.17) is 4.74 Å². The molecule has 1 aromatic carbocycles. The number of hydrogen-bond donors (Lipinski definition) is 1. The first-order valence-electron chi connectivity index (χ1n) is 7.46. The summed E-state index contributed by atoms with van der Waals surface area (Å²) in [5.41, 5.74) is 3.50. The number of rotatable bonds is 3. The first kappa shape index (κ1) is 12.8. The summed E-state index contributed by atoms with van der Waals surface area (Å²) >= 11 is 0. The SMILES string of the molecule is CC1(C)CCC(C)(COc2ccc3c(c2)NCC3)C1. The number of hydrogen-bond acceptors (Lipinski definition) is 2. The third kappa shape index (κ3) is 2.72. The van der Waals surface area contributed by atoms with Crippen LogP contribution in [0.15, 0.2) is 18.2 Å². The summed E-state index contributed by atoms with van der Waals surface area (Å²) in [6.45, 7) is 9.02. The van der Waals surface area contributed by atoms with Crippen molar-refractivity contribution in [2.75, 3.05) is 18.5 Å². The Kier molecular flexibility index (Phi) is 2.99. The Morgan fingerprint density at radius 1 is 1.21 bits per heavy atom. The van der Waals surface area contributed by atoms with E-state index in [2.05, 4.69) is 44.3 Å². The normalized spacial score (nSPS) is 27.9. The van der Waals surface area contributed by atoms with E-state index in [1.807, 2.05) is 0 Å². The second kappa shape index (κ2) is 4.43. The van der Waals surface area contributed by atoms with E-state index in [0.717, 1.165) is 25.3 Å². The van der Waals surface area contributed by atoms with Crippen LogP contribution < -0.4 is 10.1 Å². The van der Waals surface area contributed by atoms with Crippen LogP contribution in [0.2, 0.25) is 0 Å². The second-order valence-corrected chi connectivity index (χ2v) is 7.44. The van der Waals surface area contributed by atoms with Crippen LogP contribution >= 0.6 is 0 Å². The molecule has 2 heteroatoms. The van der Waals surface area contributed by atoms with E-state index < -0.39 is 0 Å². The van der Waals surface area contributed by atoms with Gasteiger partial charge in [0.05, 0.1) is 6.61 Å². The Labute approximate surface area is 116 Å². The molecule has 0 aromatic heterocycles. The number of nitrogens with one attached hydrogen (secondary N) is 1. The van der Waals surface area contributed by atoms with Crippen LogP contribution in [0.25, 0.3) is 0 Å². The van der Waals surface area contributed by atoms with Crippen molar-refractivity contribution in [1.29, 1.82) is 0 Å². The molecule has 1 heterocycles. The van der Waals surface area contributed by atoms with Crippen LogP contribution in [0.3, 0.4) is 0 Å². The molecule has 0 spiro atoms. The van der Waals surface area contributed by atoms with Gasteiger partial charge in [0.15, 0.2) is 0 Å². The minimum absolute atomic E-state index is 0.343. The molecule has 2 aliphatic rings. The number of anilines is 1. The van der Waals surface area contributed by atoms with Crippen molar-refractivity contribution in [3.8, 4) is 5.75 Å². The average Bonchev–Trinajstić information content (AvgIpc) is 2.91. The molecule has 0 bridgehead atoms. The molecule has 104 valence electrons. The smallest absolute Gasteiger partial charge is 0.121 e. The van der Waals surface area contributed by atoms with Gasteiger partial charge in [0.1, 0.15) is 5.75 Å².